The molecule has 4 aromatic rings. The number of aromatic nitrogens is 2. The van der Waals surface area contributed by atoms with E-state index in [1.165, 1.54) is 18.3 Å². The van der Waals surface area contributed by atoms with Crippen LogP contribution in [0.1, 0.15) is 127 Å². The molecule has 410 valence electrons. The van der Waals surface area contributed by atoms with Gasteiger partial charge >= 0.3 is 6.18 Å². The molecule has 2 aromatic heterocycles. The summed E-state index contributed by atoms with van der Waals surface area (Å²) >= 11 is 0. The third-order valence-corrected chi connectivity index (χ3v) is 15.1. The highest BCUT2D eigenvalue weighted by atomic mass is 19.4. The van der Waals surface area contributed by atoms with Crippen LogP contribution in [0.15, 0.2) is 65.7 Å². The van der Waals surface area contributed by atoms with Crippen molar-refractivity contribution in [2.45, 2.75) is 115 Å². The Hall–Kier alpha value is -7.49. The van der Waals surface area contributed by atoms with Crippen molar-refractivity contribution in [3.63, 3.8) is 0 Å². The maximum Gasteiger partial charge on any atom is 0.417 e. The van der Waals surface area contributed by atoms with Gasteiger partial charge in [-0.25, -0.2) is 9.37 Å². The summed E-state index contributed by atoms with van der Waals surface area (Å²) in [6.45, 7) is 7.12. The Morgan fingerprint density at radius 1 is 0.805 bits per heavy atom. The molecule has 3 atom stereocenters. The SMILES string of the molecule is C[C@@H]1CN(c2cc(F)c(-c3ccc(N4CCN(C(=O)CCC(=O)NCCCCCCCCCc5cccc6c5C(=O)N(C5CCC(=O)NC5=O)C6=O)CC4)nc3)cc2NC(=O)c2c[nH]c(=O)cc2C(F)(F)F)C[C@H](C)N1C. The summed E-state index contributed by atoms with van der Waals surface area (Å²) < 4.78 is 58.1. The van der Waals surface area contributed by atoms with E-state index in [0.29, 0.717) is 81.4 Å². The average molecular weight is 1070 g/mol. The summed E-state index contributed by atoms with van der Waals surface area (Å²) in [6, 6.07) is 10.6. The van der Waals surface area contributed by atoms with E-state index in [-0.39, 0.29) is 72.1 Å². The van der Waals surface area contributed by atoms with Crippen LogP contribution >= 0.6 is 0 Å². The molecule has 2 aromatic carbocycles. The second kappa shape index (κ2) is 24.2. The zero-order valence-corrected chi connectivity index (χ0v) is 43.4. The van der Waals surface area contributed by atoms with Crippen LogP contribution < -0.4 is 31.3 Å². The van der Waals surface area contributed by atoms with Crippen molar-refractivity contribution < 1.29 is 51.1 Å². The molecule has 22 heteroatoms. The number of imide groups is 2. The number of fused-ring (bicyclic) bond motifs is 1. The smallest absolute Gasteiger partial charge is 0.367 e. The second-order valence-electron chi connectivity index (χ2n) is 20.3. The molecule has 0 spiro atoms. The number of nitrogens with one attached hydrogen (secondary N) is 4. The Labute approximate surface area is 442 Å². The number of piperidine rings is 1. The fourth-order valence-electron chi connectivity index (χ4n) is 10.6. The topological polar surface area (TPSA) is 218 Å². The summed E-state index contributed by atoms with van der Waals surface area (Å²) in [4.78, 5) is 117. The highest BCUT2D eigenvalue weighted by Crippen LogP contribution is 2.38. The lowest BCUT2D eigenvalue weighted by atomic mass is 9.97. The number of carbonyl (C=O) groups is 7. The molecule has 3 fully saturated rings. The summed E-state index contributed by atoms with van der Waals surface area (Å²) in [5, 5.41) is 7.71. The van der Waals surface area contributed by atoms with E-state index < -0.39 is 64.3 Å². The van der Waals surface area contributed by atoms with E-state index in [0.717, 1.165) is 55.4 Å². The molecule has 3 saturated heterocycles. The van der Waals surface area contributed by atoms with E-state index >= 15 is 4.39 Å². The number of hydrogen-bond acceptors (Lipinski definition) is 12. The van der Waals surface area contributed by atoms with Gasteiger partial charge in [-0.3, -0.25) is 53.5 Å². The Kier molecular flexibility index (Phi) is 17.5. The van der Waals surface area contributed by atoms with Crippen LogP contribution in [0.2, 0.25) is 0 Å². The van der Waals surface area contributed by atoms with Crippen LogP contribution in [-0.2, 0) is 31.8 Å². The highest BCUT2D eigenvalue weighted by molar-refractivity contribution is 6.24. The van der Waals surface area contributed by atoms with E-state index in [9.17, 15) is 51.5 Å². The van der Waals surface area contributed by atoms with Crippen LogP contribution in [0.5, 0.6) is 0 Å². The van der Waals surface area contributed by atoms with Gasteiger partial charge in [0.1, 0.15) is 17.7 Å². The fourth-order valence-corrected chi connectivity index (χ4v) is 10.6. The van der Waals surface area contributed by atoms with Crippen molar-refractivity contribution in [1.29, 1.82) is 0 Å². The minimum absolute atomic E-state index is 0.0306. The van der Waals surface area contributed by atoms with E-state index in [1.54, 1.807) is 29.2 Å². The summed E-state index contributed by atoms with van der Waals surface area (Å²) in [5.41, 5.74) is -1.07. The zero-order valence-electron chi connectivity index (χ0n) is 43.4. The number of pyridine rings is 2. The van der Waals surface area contributed by atoms with Gasteiger partial charge in [-0.2, -0.15) is 13.2 Å². The van der Waals surface area contributed by atoms with Crippen molar-refractivity contribution >= 4 is 58.5 Å². The first-order valence-corrected chi connectivity index (χ1v) is 26.3. The second-order valence-corrected chi connectivity index (χ2v) is 20.3. The number of anilines is 3. The Bertz CT molecular complexity index is 2950. The number of carbonyl (C=O) groups excluding carboxylic acids is 7. The van der Waals surface area contributed by atoms with Crippen molar-refractivity contribution in [3.8, 4) is 11.1 Å². The molecule has 18 nitrogen and oxygen atoms in total. The Morgan fingerprint density at radius 2 is 1.51 bits per heavy atom. The van der Waals surface area contributed by atoms with Gasteiger partial charge < -0.3 is 30.3 Å². The number of likely N-dealkylation sites (N-methyl/N-ethyl adjacent to an activating group) is 1. The summed E-state index contributed by atoms with van der Waals surface area (Å²) in [7, 11) is 1.97. The van der Waals surface area contributed by atoms with Crippen LogP contribution in [0.25, 0.3) is 11.1 Å². The lowest BCUT2D eigenvalue weighted by Gasteiger charge is -2.44. The standard InChI is InChI=1S/C55H64F4N10O8/c1-33-31-68(32-34(2)65(33)3)44-28-41(56)38(26-42(44)63-51(74)39-30-62-48(72)27-40(39)55(57,58)59)36-15-17-45(61-29-36)66-22-24-67(25-23-66)49(73)20-19-46(70)60-21-10-8-6-4-5-7-9-12-35-13-11-14-37-50(35)54(77)69(53(37)76)43-16-18-47(71)64-52(43)75/h11,13-15,17,26-30,33-34,43H,4-10,12,16,18-25,31-32H2,1-3H3,(H,60,70)(H,62,72)(H,63,74)(H,64,71,75)/t33-,34+,43?. The van der Waals surface area contributed by atoms with Crippen molar-refractivity contribution in [3.05, 3.63) is 105 Å². The highest BCUT2D eigenvalue weighted by Gasteiger charge is 2.45. The molecule has 77 heavy (non-hydrogen) atoms. The minimum Gasteiger partial charge on any atom is -0.367 e. The molecule has 0 aliphatic carbocycles. The monoisotopic (exact) mass is 1070 g/mol. The quantitative estimate of drug-likeness (QED) is 0.0463. The molecule has 0 bridgehead atoms. The molecule has 4 aliphatic heterocycles. The number of H-pyrrole nitrogens is 1. The maximum absolute atomic E-state index is 16.2. The number of aromatic amines is 1. The van der Waals surface area contributed by atoms with Crippen LogP contribution in [0.3, 0.4) is 0 Å². The Balaban J connectivity index is 0.747. The van der Waals surface area contributed by atoms with E-state index in [1.807, 2.05) is 36.8 Å². The fraction of sp³-hybridized carbons (Fsp3) is 0.473. The Morgan fingerprint density at radius 3 is 2.18 bits per heavy atom. The molecule has 4 aliphatic rings. The molecule has 6 heterocycles. The van der Waals surface area contributed by atoms with Gasteiger partial charge in [0, 0.05) is 107 Å². The predicted octanol–water partition coefficient (Wildman–Crippen LogP) is 6.30. The first-order chi connectivity index (χ1) is 36.8. The number of alkyl halides is 3. The molecule has 0 radical (unpaired) electrons. The summed E-state index contributed by atoms with van der Waals surface area (Å²) in [6.07, 6.45) is 4.58. The number of benzene rings is 2. The molecule has 7 amide bonds. The summed E-state index contributed by atoms with van der Waals surface area (Å²) in [5.74, 6) is -3.57. The van der Waals surface area contributed by atoms with Gasteiger partial charge in [-0.15, -0.1) is 0 Å². The number of amides is 7. The van der Waals surface area contributed by atoms with Crippen LogP contribution in [0, 0.1) is 5.82 Å². The molecular weight excluding hydrogens is 1000 g/mol. The lowest BCUT2D eigenvalue weighted by molar-refractivity contribution is -0.138. The minimum atomic E-state index is -5.00. The number of unbranched alkanes of at least 4 members (excludes halogenated alkanes) is 6. The number of nitrogens with zero attached hydrogens (tertiary/aromatic N) is 6. The third-order valence-electron chi connectivity index (χ3n) is 15.1. The largest absolute Gasteiger partial charge is 0.417 e. The first-order valence-electron chi connectivity index (χ1n) is 26.3. The van der Waals surface area contributed by atoms with Crippen molar-refractivity contribution in [1.82, 2.24) is 35.3 Å². The number of aryl methyl sites for hydroxylation is 1. The van der Waals surface area contributed by atoms with Crippen molar-refractivity contribution in [2.75, 3.05) is 68.0 Å². The van der Waals surface area contributed by atoms with Gasteiger partial charge in [0.15, 0.2) is 0 Å². The van der Waals surface area contributed by atoms with Gasteiger partial charge in [0.05, 0.1) is 33.6 Å². The number of rotatable bonds is 19. The molecule has 0 saturated carbocycles. The van der Waals surface area contributed by atoms with Crippen LogP contribution in [0.4, 0.5) is 34.8 Å². The number of halogens is 4. The van der Waals surface area contributed by atoms with Gasteiger partial charge in [-0.1, -0.05) is 44.2 Å². The molecular formula is C55H64F4N10O8. The van der Waals surface area contributed by atoms with Gasteiger partial charge in [0.25, 0.3) is 17.7 Å². The zero-order chi connectivity index (χ0) is 55.1. The average Bonchev–Trinajstić information content (AvgIpc) is 3.70. The first kappa shape index (κ1) is 55.7. The lowest BCUT2D eigenvalue weighted by Crippen LogP contribution is -2.55. The van der Waals surface area contributed by atoms with Crippen LogP contribution in [-0.4, -0.2) is 137 Å². The third kappa shape index (κ3) is 13.0. The van der Waals surface area contributed by atoms with Crippen molar-refractivity contribution in [2.24, 2.45) is 0 Å². The van der Waals surface area contributed by atoms with Gasteiger partial charge in [0.2, 0.25) is 29.2 Å². The van der Waals surface area contributed by atoms with Gasteiger partial charge in [-0.05, 0) is 82.5 Å². The molecule has 4 N–H and O–H groups in total. The normalized spacial score (nSPS) is 19.1. The van der Waals surface area contributed by atoms with E-state index in [2.05, 4.69) is 30.8 Å². The number of hydrogen-bond donors (Lipinski definition) is 4. The maximum atomic E-state index is 16.2. The predicted molar refractivity (Wildman–Crippen MR) is 279 cm³/mol. The molecule has 1 unspecified atom stereocenters. The van der Waals surface area contributed by atoms with E-state index in [4.69, 9.17) is 0 Å². The number of piperazine rings is 2. The molecule has 8 rings (SSSR count).